The zero-order valence-electron chi connectivity index (χ0n) is 13.3. The Kier molecular flexibility index (Phi) is 5.28. The predicted molar refractivity (Wildman–Crippen MR) is 88.3 cm³/mol. The summed E-state index contributed by atoms with van der Waals surface area (Å²) >= 11 is 0. The van der Waals surface area contributed by atoms with E-state index in [9.17, 15) is 0 Å². The van der Waals surface area contributed by atoms with Crippen LogP contribution in [0.25, 0.3) is 0 Å². The van der Waals surface area contributed by atoms with Crippen molar-refractivity contribution in [3.05, 3.63) is 35.9 Å². The van der Waals surface area contributed by atoms with Crippen LogP contribution in [0.2, 0.25) is 0 Å². The van der Waals surface area contributed by atoms with Crippen molar-refractivity contribution >= 4 is 0 Å². The first-order valence-electron chi connectivity index (χ1n) is 8.50. The molecule has 3 nitrogen and oxygen atoms in total. The maximum Gasteiger partial charge on any atom is 0.0206 e. The molecule has 116 valence electrons. The molecule has 2 aliphatic heterocycles. The van der Waals surface area contributed by atoms with Crippen molar-refractivity contribution in [2.45, 2.75) is 31.8 Å². The fourth-order valence-electron chi connectivity index (χ4n) is 4.00. The molecule has 1 N–H and O–H groups in total. The van der Waals surface area contributed by atoms with Crippen LogP contribution in [-0.2, 0) is 6.54 Å². The summed E-state index contributed by atoms with van der Waals surface area (Å²) in [6.07, 6.45) is 4.18. The lowest BCUT2D eigenvalue weighted by atomic mass is 9.84. The highest BCUT2D eigenvalue weighted by Gasteiger charge is 2.33. The van der Waals surface area contributed by atoms with Crippen LogP contribution in [0.5, 0.6) is 0 Å². The van der Waals surface area contributed by atoms with Gasteiger partial charge in [0.2, 0.25) is 0 Å². The van der Waals surface area contributed by atoms with E-state index in [1.165, 1.54) is 51.0 Å². The van der Waals surface area contributed by atoms with Gasteiger partial charge in [0.25, 0.3) is 0 Å². The van der Waals surface area contributed by atoms with Gasteiger partial charge < -0.3 is 15.1 Å². The van der Waals surface area contributed by atoms with Crippen molar-refractivity contribution in [3.63, 3.8) is 0 Å². The molecule has 0 saturated carbocycles. The molecule has 2 heterocycles. The number of fused-ring (bicyclic) bond motifs is 1. The summed E-state index contributed by atoms with van der Waals surface area (Å²) < 4.78 is 0. The van der Waals surface area contributed by atoms with Crippen LogP contribution >= 0.6 is 0 Å². The molecule has 3 heteroatoms. The van der Waals surface area contributed by atoms with E-state index in [2.05, 4.69) is 52.5 Å². The molecule has 2 aliphatic rings. The van der Waals surface area contributed by atoms with E-state index in [1.54, 1.807) is 0 Å². The van der Waals surface area contributed by atoms with Gasteiger partial charge in [-0.25, -0.2) is 0 Å². The molecule has 1 aromatic carbocycles. The Hall–Kier alpha value is -0.900. The van der Waals surface area contributed by atoms with Crippen LogP contribution < -0.4 is 5.32 Å². The number of hydrogen-bond acceptors (Lipinski definition) is 3. The predicted octanol–water partition coefficient (Wildman–Crippen LogP) is 2.19. The monoisotopic (exact) mass is 287 g/mol. The molecule has 0 spiro atoms. The number of rotatable bonds is 5. The van der Waals surface area contributed by atoms with E-state index >= 15 is 0 Å². The topological polar surface area (TPSA) is 18.5 Å². The molecule has 0 radical (unpaired) electrons. The number of likely N-dealkylation sites (tertiary alicyclic amines) is 2. The van der Waals surface area contributed by atoms with Crippen molar-refractivity contribution in [2.75, 3.05) is 39.8 Å². The fourth-order valence-corrected chi connectivity index (χ4v) is 4.00. The van der Waals surface area contributed by atoms with Gasteiger partial charge in [-0.05, 0) is 50.9 Å². The Morgan fingerprint density at radius 1 is 1.14 bits per heavy atom. The molecule has 2 fully saturated rings. The van der Waals surface area contributed by atoms with E-state index in [1.807, 2.05) is 0 Å². The summed E-state index contributed by atoms with van der Waals surface area (Å²) in [5, 5.41) is 3.58. The van der Waals surface area contributed by atoms with E-state index in [4.69, 9.17) is 0 Å². The second-order valence-corrected chi connectivity index (χ2v) is 6.70. The van der Waals surface area contributed by atoms with Gasteiger partial charge in [0.1, 0.15) is 0 Å². The number of piperidine rings is 2. The Balaban J connectivity index is 1.37. The van der Waals surface area contributed by atoms with Crippen LogP contribution in [0.15, 0.2) is 30.3 Å². The lowest BCUT2D eigenvalue weighted by Crippen LogP contribution is -2.53. The molecule has 21 heavy (non-hydrogen) atoms. The van der Waals surface area contributed by atoms with Gasteiger partial charge in [-0.1, -0.05) is 30.3 Å². The number of benzene rings is 1. The van der Waals surface area contributed by atoms with Crippen molar-refractivity contribution in [3.8, 4) is 0 Å². The minimum absolute atomic E-state index is 0.854. The average molecular weight is 287 g/mol. The van der Waals surface area contributed by atoms with Gasteiger partial charge in [0, 0.05) is 32.2 Å². The first-order valence-corrected chi connectivity index (χ1v) is 8.50. The van der Waals surface area contributed by atoms with Gasteiger partial charge in [0.05, 0.1) is 0 Å². The van der Waals surface area contributed by atoms with Crippen LogP contribution in [0.3, 0.4) is 0 Å². The largest absolute Gasteiger partial charge is 0.311 e. The SMILES string of the molecule is CN1CCCC2CN(CCNCc3ccccc3)CCC21. The third-order valence-corrected chi connectivity index (χ3v) is 5.21. The van der Waals surface area contributed by atoms with Crippen LogP contribution in [-0.4, -0.2) is 55.6 Å². The van der Waals surface area contributed by atoms with Crippen LogP contribution in [0.1, 0.15) is 24.8 Å². The van der Waals surface area contributed by atoms with Gasteiger partial charge in [0.15, 0.2) is 0 Å². The molecule has 2 saturated heterocycles. The van der Waals surface area contributed by atoms with Gasteiger partial charge in [-0.15, -0.1) is 0 Å². The van der Waals surface area contributed by atoms with Gasteiger partial charge in [-0.3, -0.25) is 0 Å². The van der Waals surface area contributed by atoms with E-state index in [0.717, 1.165) is 25.0 Å². The van der Waals surface area contributed by atoms with E-state index in [0.29, 0.717) is 0 Å². The fraction of sp³-hybridized carbons (Fsp3) is 0.667. The summed E-state index contributed by atoms with van der Waals surface area (Å²) in [6.45, 7) is 7.17. The third kappa shape index (κ3) is 4.06. The quantitative estimate of drug-likeness (QED) is 0.838. The number of hydrogen-bond donors (Lipinski definition) is 1. The van der Waals surface area contributed by atoms with Crippen molar-refractivity contribution < 1.29 is 0 Å². The molecule has 0 bridgehead atoms. The second kappa shape index (κ2) is 7.39. The van der Waals surface area contributed by atoms with E-state index in [-0.39, 0.29) is 0 Å². The van der Waals surface area contributed by atoms with Crippen LogP contribution in [0, 0.1) is 5.92 Å². The summed E-state index contributed by atoms with van der Waals surface area (Å²) in [4.78, 5) is 5.26. The number of nitrogens with zero attached hydrogens (tertiary/aromatic N) is 2. The first kappa shape index (κ1) is 15.0. The third-order valence-electron chi connectivity index (χ3n) is 5.21. The molecule has 3 rings (SSSR count). The van der Waals surface area contributed by atoms with Crippen molar-refractivity contribution in [1.29, 1.82) is 0 Å². The molecule has 0 aliphatic carbocycles. The highest BCUT2D eigenvalue weighted by molar-refractivity contribution is 5.14. The summed E-state index contributed by atoms with van der Waals surface area (Å²) in [7, 11) is 2.31. The maximum absolute atomic E-state index is 3.58. The smallest absolute Gasteiger partial charge is 0.0206 e. The minimum atomic E-state index is 0.854. The van der Waals surface area contributed by atoms with Crippen molar-refractivity contribution in [2.24, 2.45) is 5.92 Å². The second-order valence-electron chi connectivity index (χ2n) is 6.70. The summed E-state index contributed by atoms with van der Waals surface area (Å²) in [6, 6.07) is 11.5. The molecule has 0 amide bonds. The normalized spacial score (nSPS) is 27.5. The highest BCUT2D eigenvalue weighted by Crippen LogP contribution is 2.29. The van der Waals surface area contributed by atoms with Gasteiger partial charge >= 0.3 is 0 Å². The Morgan fingerprint density at radius 2 is 2.00 bits per heavy atom. The average Bonchev–Trinajstić information content (AvgIpc) is 2.53. The zero-order valence-corrected chi connectivity index (χ0v) is 13.3. The standard InChI is InChI=1S/C18H29N3/c1-20-11-5-8-17-15-21(12-9-18(17)20)13-10-19-14-16-6-3-2-4-7-16/h2-4,6-7,17-19H,5,8-15H2,1H3. The minimum Gasteiger partial charge on any atom is -0.311 e. The molecule has 0 aromatic heterocycles. The lowest BCUT2D eigenvalue weighted by molar-refractivity contribution is 0.0391. The number of nitrogens with one attached hydrogen (secondary N) is 1. The first-order chi connectivity index (χ1) is 10.3. The molecule has 1 aromatic rings. The van der Waals surface area contributed by atoms with Crippen molar-refractivity contribution in [1.82, 2.24) is 15.1 Å². The highest BCUT2D eigenvalue weighted by atomic mass is 15.2. The van der Waals surface area contributed by atoms with Crippen LogP contribution in [0.4, 0.5) is 0 Å². The Morgan fingerprint density at radius 3 is 2.86 bits per heavy atom. The molecule has 2 atom stereocenters. The Bertz CT molecular complexity index is 420. The molecular formula is C18H29N3. The lowest BCUT2D eigenvalue weighted by Gasteiger charge is -2.46. The molecular weight excluding hydrogens is 258 g/mol. The zero-order chi connectivity index (χ0) is 14.5. The van der Waals surface area contributed by atoms with Gasteiger partial charge in [-0.2, -0.15) is 0 Å². The molecule has 2 unspecified atom stereocenters. The summed E-state index contributed by atoms with van der Waals surface area (Å²) in [5.74, 6) is 0.909. The Labute approximate surface area is 129 Å². The summed E-state index contributed by atoms with van der Waals surface area (Å²) in [5.41, 5.74) is 1.38. The maximum atomic E-state index is 3.58. The van der Waals surface area contributed by atoms with E-state index < -0.39 is 0 Å².